The van der Waals surface area contributed by atoms with E-state index < -0.39 is 5.60 Å². The molecule has 5 nitrogen and oxygen atoms in total. The van der Waals surface area contributed by atoms with E-state index in [-0.39, 0.29) is 31.3 Å². The van der Waals surface area contributed by atoms with Gasteiger partial charge in [-0.05, 0) is 38.5 Å². The van der Waals surface area contributed by atoms with Crippen molar-refractivity contribution >= 4 is 11.9 Å². The smallest absolute Gasteiger partial charge is 0.306 e. The number of carbonyl (C=O) groups is 2. The molecule has 0 aliphatic heterocycles. The summed E-state index contributed by atoms with van der Waals surface area (Å²) in [4.78, 5) is 22.7. The summed E-state index contributed by atoms with van der Waals surface area (Å²) in [5.74, 6) is 0.0859. The number of hydrogen-bond donors (Lipinski definition) is 2. The molecule has 2 N–H and O–H groups in total. The average molecular weight is 271 g/mol. The molecule has 19 heavy (non-hydrogen) atoms. The molecule has 0 aromatic rings. The molecule has 0 spiro atoms. The van der Waals surface area contributed by atoms with Crippen molar-refractivity contribution in [2.24, 2.45) is 5.92 Å². The van der Waals surface area contributed by atoms with E-state index in [1.807, 2.05) is 0 Å². The van der Waals surface area contributed by atoms with Crippen LogP contribution in [0.5, 0.6) is 0 Å². The number of esters is 1. The molecule has 0 heterocycles. The molecule has 1 rings (SSSR count). The van der Waals surface area contributed by atoms with Crippen molar-refractivity contribution in [1.82, 2.24) is 5.32 Å². The van der Waals surface area contributed by atoms with E-state index in [1.54, 1.807) is 6.92 Å². The van der Waals surface area contributed by atoms with Gasteiger partial charge >= 0.3 is 5.97 Å². The Labute approximate surface area is 114 Å². The normalized spacial score (nSPS) is 26.8. The highest BCUT2D eigenvalue weighted by atomic mass is 16.5. The summed E-state index contributed by atoms with van der Waals surface area (Å²) in [6.45, 7) is 4.52. The Kier molecular flexibility index (Phi) is 6.28. The first-order valence-corrected chi connectivity index (χ1v) is 7.10. The van der Waals surface area contributed by atoms with Gasteiger partial charge in [0.15, 0.2) is 0 Å². The van der Waals surface area contributed by atoms with Gasteiger partial charge in [-0.25, -0.2) is 0 Å². The fourth-order valence-electron chi connectivity index (χ4n) is 2.28. The zero-order valence-corrected chi connectivity index (χ0v) is 11.9. The molecule has 1 saturated carbocycles. The van der Waals surface area contributed by atoms with Gasteiger partial charge in [0.05, 0.1) is 18.6 Å². The van der Waals surface area contributed by atoms with E-state index in [0.717, 1.165) is 25.7 Å². The quantitative estimate of drug-likeness (QED) is 0.716. The van der Waals surface area contributed by atoms with Crippen LogP contribution < -0.4 is 5.32 Å². The van der Waals surface area contributed by atoms with E-state index in [4.69, 9.17) is 4.74 Å². The van der Waals surface area contributed by atoms with Crippen molar-refractivity contribution in [2.45, 2.75) is 58.0 Å². The van der Waals surface area contributed by atoms with E-state index >= 15 is 0 Å². The molecule has 0 radical (unpaired) electrons. The minimum Gasteiger partial charge on any atom is -0.466 e. The van der Waals surface area contributed by atoms with Gasteiger partial charge in [-0.15, -0.1) is 0 Å². The molecule has 1 aliphatic carbocycles. The van der Waals surface area contributed by atoms with Gasteiger partial charge in [0, 0.05) is 13.0 Å². The van der Waals surface area contributed by atoms with Crippen LogP contribution in [-0.2, 0) is 14.3 Å². The number of ether oxygens (including phenoxy) is 1. The topological polar surface area (TPSA) is 75.6 Å². The van der Waals surface area contributed by atoms with Crippen LogP contribution in [-0.4, -0.2) is 35.7 Å². The molecule has 5 heteroatoms. The highest BCUT2D eigenvalue weighted by Gasteiger charge is 2.31. The first kappa shape index (κ1) is 16.0. The van der Waals surface area contributed by atoms with Gasteiger partial charge < -0.3 is 15.2 Å². The minimum absolute atomic E-state index is 0.0924. The maximum absolute atomic E-state index is 11.6. The molecule has 0 aromatic carbocycles. The third kappa shape index (κ3) is 6.05. The van der Waals surface area contributed by atoms with Crippen molar-refractivity contribution in [2.75, 3.05) is 13.2 Å². The van der Waals surface area contributed by atoms with Gasteiger partial charge in [0.2, 0.25) is 5.91 Å². The molecule has 1 fully saturated rings. The Morgan fingerprint density at radius 2 is 1.95 bits per heavy atom. The number of rotatable bonds is 6. The maximum atomic E-state index is 11.6. The van der Waals surface area contributed by atoms with Gasteiger partial charge in [-0.3, -0.25) is 9.59 Å². The maximum Gasteiger partial charge on any atom is 0.306 e. The molecule has 0 aromatic heterocycles. The summed E-state index contributed by atoms with van der Waals surface area (Å²) in [7, 11) is 0. The van der Waals surface area contributed by atoms with Gasteiger partial charge in [0.25, 0.3) is 0 Å². The fraction of sp³-hybridized carbons (Fsp3) is 0.857. The number of amides is 1. The van der Waals surface area contributed by atoms with Crippen molar-refractivity contribution < 1.29 is 19.4 Å². The number of hydrogen-bond acceptors (Lipinski definition) is 4. The van der Waals surface area contributed by atoms with Crippen LogP contribution in [0.4, 0.5) is 0 Å². The predicted molar refractivity (Wildman–Crippen MR) is 71.5 cm³/mol. The van der Waals surface area contributed by atoms with Crippen molar-refractivity contribution in [1.29, 1.82) is 0 Å². The average Bonchev–Trinajstić information content (AvgIpc) is 2.38. The van der Waals surface area contributed by atoms with E-state index in [2.05, 4.69) is 12.2 Å². The number of aliphatic hydroxyl groups is 1. The number of nitrogens with one attached hydrogen (secondary N) is 1. The lowest BCUT2D eigenvalue weighted by molar-refractivity contribution is -0.144. The Morgan fingerprint density at radius 3 is 2.53 bits per heavy atom. The van der Waals surface area contributed by atoms with Crippen molar-refractivity contribution in [3.05, 3.63) is 0 Å². The SMILES string of the molecule is CCOC(=O)CCC(=O)NCC1(O)CCC(C)CC1. The summed E-state index contributed by atoms with van der Waals surface area (Å²) in [5, 5.41) is 13.0. The molecule has 0 unspecified atom stereocenters. The molecular weight excluding hydrogens is 246 g/mol. The molecule has 1 aliphatic rings. The molecule has 110 valence electrons. The first-order chi connectivity index (χ1) is 8.95. The molecule has 0 atom stereocenters. The van der Waals surface area contributed by atoms with Crippen LogP contribution in [0.2, 0.25) is 0 Å². The molecule has 0 bridgehead atoms. The van der Waals surface area contributed by atoms with Gasteiger partial charge in [-0.2, -0.15) is 0 Å². The highest BCUT2D eigenvalue weighted by molar-refractivity contribution is 5.81. The predicted octanol–water partition coefficient (Wildman–Crippen LogP) is 1.39. The van der Waals surface area contributed by atoms with E-state index in [9.17, 15) is 14.7 Å². The molecular formula is C14H25NO4. The lowest BCUT2D eigenvalue weighted by atomic mass is 9.79. The van der Waals surface area contributed by atoms with Crippen LogP contribution in [0.15, 0.2) is 0 Å². The molecule has 0 saturated heterocycles. The summed E-state index contributed by atoms with van der Waals surface area (Å²) in [5.41, 5.74) is -0.772. The van der Waals surface area contributed by atoms with E-state index in [0.29, 0.717) is 12.5 Å². The summed E-state index contributed by atoms with van der Waals surface area (Å²) < 4.78 is 4.75. The third-order valence-corrected chi connectivity index (χ3v) is 3.68. The van der Waals surface area contributed by atoms with Crippen LogP contribution in [0.25, 0.3) is 0 Å². The lowest BCUT2D eigenvalue weighted by Crippen LogP contribution is -2.45. The Bertz CT molecular complexity index is 309. The van der Waals surface area contributed by atoms with Crippen molar-refractivity contribution in [3.63, 3.8) is 0 Å². The summed E-state index contributed by atoms with van der Waals surface area (Å²) >= 11 is 0. The largest absolute Gasteiger partial charge is 0.466 e. The zero-order chi connectivity index (χ0) is 14.3. The van der Waals surface area contributed by atoms with Gasteiger partial charge in [0.1, 0.15) is 0 Å². The molecule has 1 amide bonds. The summed E-state index contributed by atoms with van der Waals surface area (Å²) in [6.07, 6.45) is 3.66. The van der Waals surface area contributed by atoms with Crippen LogP contribution in [0.3, 0.4) is 0 Å². The van der Waals surface area contributed by atoms with Gasteiger partial charge in [-0.1, -0.05) is 6.92 Å². The first-order valence-electron chi connectivity index (χ1n) is 7.10. The Morgan fingerprint density at radius 1 is 1.32 bits per heavy atom. The lowest BCUT2D eigenvalue weighted by Gasteiger charge is -2.34. The van der Waals surface area contributed by atoms with Crippen LogP contribution >= 0.6 is 0 Å². The van der Waals surface area contributed by atoms with E-state index in [1.165, 1.54) is 0 Å². The fourth-order valence-corrected chi connectivity index (χ4v) is 2.28. The zero-order valence-electron chi connectivity index (χ0n) is 11.9. The second-order valence-electron chi connectivity index (χ2n) is 5.49. The Hall–Kier alpha value is -1.10. The third-order valence-electron chi connectivity index (χ3n) is 3.68. The van der Waals surface area contributed by atoms with Crippen LogP contribution in [0, 0.1) is 5.92 Å². The second-order valence-corrected chi connectivity index (χ2v) is 5.49. The minimum atomic E-state index is -0.772. The highest BCUT2D eigenvalue weighted by Crippen LogP contribution is 2.31. The Balaban J connectivity index is 2.21. The van der Waals surface area contributed by atoms with Crippen LogP contribution in [0.1, 0.15) is 52.4 Å². The number of carbonyl (C=O) groups excluding carboxylic acids is 2. The standard InChI is InChI=1S/C14H25NO4/c1-3-19-13(17)5-4-12(16)15-10-14(18)8-6-11(2)7-9-14/h11,18H,3-10H2,1-2H3,(H,15,16). The summed E-state index contributed by atoms with van der Waals surface area (Å²) in [6, 6.07) is 0. The van der Waals surface area contributed by atoms with Crippen molar-refractivity contribution in [3.8, 4) is 0 Å². The monoisotopic (exact) mass is 271 g/mol. The second kappa shape index (κ2) is 7.48.